The molecular weight excluding hydrogens is 466 g/mol. The second-order valence-electron chi connectivity index (χ2n) is 9.45. The minimum atomic E-state index is 0.590. The molecule has 1 aliphatic rings. The molecule has 1 atom stereocenters. The Morgan fingerprint density at radius 3 is 1.73 bits per heavy atom. The van der Waals surface area contributed by atoms with E-state index >= 15 is 0 Å². The molecule has 0 spiro atoms. The summed E-state index contributed by atoms with van der Waals surface area (Å²) in [5.74, 6) is 1.51. The van der Waals surface area contributed by atoms with Gasteiger partial charge in [-0.2, -0.15) is 12.6 Å². The molecule has 0 amide bonds. The lowest BCUT2D eigenvalue weighted by atomic mass is 9.82. The smallest absolute Gasteiger partial charge is 0.0658 e. The van der Waals surface area contributed by atoms with Crippen LogP contribution in [-0.4, -0.2) is 12.0 Å². The summed E-state index contributed by atoms with van der Waals surface area (Å²) < 4.78 is 0. The fourth-order valence-corrected chi connectivity index (χ4v) is 3.30. The Bertz CT molecular complexity index is 622. The van der Waals surface area contributed by atoms with Gasteiger partial charge in [-0.3, -0.25) is 4.99 Å². The summed E-state index contributed by atoms with van der Waals surface area (Å²) in [6, 6.07) is 10.5. The number of allylic oxidation sites excluding steroid dienone is 2. The number of rotatable bonds is 7. The van der Waals surface area contributed by atoms with Crippen LogP contribution < -0.4 is 0 Å². The zero-order valence-corrected chi connectivity index (χ0v) is 28.2. The van der Waals surface area contributed by atoms with Gasteiger partial charge in [-0.25, -0.2) is 0 Å². The first kappa shape index (κ1) is 42.8. The molecule has 0 aromatic heterocycles. The molecule has 1 fully saturated rings. The average molecular weight is 534 g/mol. The monoisotopic (exact) mass is 533 g/mol. The number of hydrogen-bond acceptors (Lipinski definition) is 2. The Hall–Kier alpha value is -1.28. The molecule has 1 unspecified atom stereocenters. The number of nitrogens with zero attached hydrogens (tertiary/aromatic N) is 1. The number of hydrogen-bond donors (Lipinski definition) is 1. The number of thiol groups is 1. The third kappa shape index (κ3) is 29.1. The van der Waals surface area contributed by atoms with Gasteiger partial charge in [0.05, 0.1) is 5.70 Å². The SMILES string of the molecule is C/C=C(\N=C(C)C(C)CC1CCCCC1)c1ccccc1.C=C(C)CC.CC.CCC.CCCC.CS. The van der Waals surface area contributed by atoms with Gasteiger partial charge in [-0.15, -0.1) is 6.58 Å². The highest BCUT2D eigenvalue weighted by atomic mass is 32.1. The normalized spacial score (nSPS) is 13.8. The number of unbranched alkanes of at least 4 members (excludes halogenated alkanes) is 1. The molecule has 1 saturated carbocycles. The summed E-state index contributed by atoms with van der Waals surface area (Å²) in [6.07, 6.45) is 17.3. The largest absolute Gasteiger partial charge is 0.258 e. The van der Waals surface area contributed by atoms with Crippen molar-refractivity contribution in [1.82, 2.24) is 0 Å². The molecule has 1 nitrogen and oxygen atoms in total. The highest BCUT2D eigenvalue weighted by molar-refractivity contribution is 7.79. The molecule has 0 heterocycles. The lowest BCUT2D eigenvalue weighted by molar-refractivity contribution is 0.321. The van der Waals surface area contributed by atoms with Gasteiger partial charge in [-0.1, -0.05) is 149 Å². The summed E-state index contributed by atoms with van der Waals surface area (Å²) in [7, 11) is 0. The van der Waals surface area contributed by atoms with Gasteiger partial charge in [-0.05, 0) is 57.3 Å². The summed E-state index contributed by atoms with van der Waals surface area (Å²) in [6.45, 7) is 27.0. The van der Waals surface area contributed by atoms with E-state index in [0.717, 1.165) is 18.0 Å². The topological polar surface area (TPSA) is 12.4 Å². The molecule has 1 aromatic carbocycles. The second-order valence-corrected chi connectivity index (χ2v) is 9.45. The summed E-state index contributed by atoms with van der Waals surface area (Å²) in [5.41, 5.74) is 4.84. The number of aliphatic imine (C=N–C) groups is 1. The van der Waals surface area contributed by atoms with Crippen molar-refractivity contribution < 1.29 is 0 Å². The Morgan fingerprint density at radius 2 is 1.38 bits per heavy atom. The van der Waals surface area contributed by atoms with Crippen LogP contribution in [0.3, 0.4) is 0 Å². The average Bonchev–Trinajstić information content (AvgIpc) is 2.95. The lowest BCUT2D eigenvalue weighted by Gasteiger charge is -2.24. The summed E-state index contributed by atoms with van der Waals surface area (Å²) in [4.78, 5) is 4.91. The summed E-state index contributed by atoms with van der Waals surface area (Å²) >= 11 is 3.53. The van der Waals surface area contributed by atoms with Gasteiger partial charge < -0.3 is 0 Å². The Morgan fingerprint density at radius 1 is 0.946 bits per heavy atom. The zero-order chi connectivity index (χ0) is 29.5. The van der Waals surface area contributed by atoms with Gasteiger partial charge >= 0.3 is 0 Å². The minimum absolute atomic E-state index is 0.590. The standard InChI is InChI=1S/C20H29N.C5H10.C4H10.C3H8.C2H6.CH4S/c1-4-20(19-13-9-6-10-14-19)21-17(3)16(2)15-18-11-7-5-8-12-18;1-4-5(2)3;1-3-4-2;1-3-2;2*1-2/h4,6,9-10,13-14,16,18H,5,7-8,11-12,15H2,1-3H3;2,4H2,1,3H3;3-4H2,1-2H3;3H2,1-2H3;1-2H3;2H,1H3/b20-4-,21-17?;;;;;. The molecule has 2 rings (SSSR count). The van der Waals surface area contributed by atoms with E-state index in [0.29, 0.717) is 5.92 Å². The molecule has 37 heavy (non-hydrogen) atoms. The van der Waals surface area contributed by atoms with E-state index in [-0.39, 0.29) is 0 Å². The third-order valence-corrected chi connectivity index (χ3v) is 5.87. The Kier molecular flexibility index (Phi) is 40.2. The van der Waals surface area contributed by atoms with Crippen LogP contribution in [0, 0.1) is 11.8 Å². The fraction of sp³-hybridized carbons (Fsp3) is 0.686. The van der Waals surface area contributed by atoms with Gasteiger partial charge in [0.15, 0.2) is 0 Å². The van der Waals surface area contributed by atoms with E-state index in [1.54, 1.807) is 6.26 Å². The van der Waals surface area contributed by atoms with Crippen molar-refractivity contribution in [3.8, 4) is 0 Å². The lowest BCUT2D eigenvalue weighted by Crippen LogP contribution is -2.15. The van der Waals surface area contributed by atoms with E-state index in [1.165, 1.54) is 74.6 Å². The highest BCUT2D eigenvalue weighted by Gasteiger charge is 2.18. The van der Waals surface area contributed by atoms with Crippen molar-refractivity contribution in [2.75, 3.05) is 6.26 Å². The zero-order valence-electron chi connectivity index (χ0n) is 27.3. The van der Waals surface area contributed by atoms with Crippen LogP contribution in [0.2, 0.25) is 0 Å². The van der Waals surface area contributed by atoms with E-state index in [4.69, 9.17) is 4.99 Å². The van der Waals surface area contributed by atoms with Gasteiger partial charge in [0, 0.05) is 5.71 Å². The maximum atomic E-state index is 4.91. The molecule has 0 radical (unpaired) electrons. The van der Waals surface area contributed by atoms with Crippen molar-refractivity contribution in [2.45, 2.75) is 140 Å². The Labute approximate surface area is 241 Å². The molecule has 1 aliphatic carbocycles. The highest BCUT2D eigenvalue weighted by Crippen LogP contribution is 2.30. The maximum absolute atomic E-state index is 4.91. The molecule has 1 aromatic rings. The van der Waals surface area contributed by atoms with Gasteiger partial charge in [0.2, 0.25) is 0 Å². The summed E-state index contributed by atoms with van der Waals surface area (Å²) in [5, 5.41) is 0. The predicted molar refractivity (Wildman–Crippen MR) is 181 cm³/mol. The molecular formula is C35H67NS. The van der Waals surface area contributed by atoms with Crippen molar-refractivity contribution in [3.05, 3.63) is 54.1 Å². The van der Waals surface area contributed by atoms with E-state index in [2.05, 4.69) is 111 Å². The van der Waals surface area contributed by atoms with E-state index in [9.17, 15) is 0 Å². The van der Waals surface area contributed by atoms with Crippen molar-refractivity contribution in [3.63, 3.8) is 0 Å². The molecule has 218 valence electrons. The van der Waals surface area contributed by atoms with Crippen LogP contribution in [0.5, 0.6) is 0 Å². The minimum Gasteiger partial charge on any atom is -0.258 e. The Balaban J connectivity index is -0.000000282. The first-order valence-corrected chi connectivity index (χ1v) is 16.1. The quantitative estimate of drug-likeness (QED) is 0.203. The van der Waals surface area contributed by atoms with Crippen molar-refractivity contribution in [1.29, 1.82) is 0 Å². The number of benzene rings is 1. The molecule has 0 bridgehead atoms. The first-order chi connectivity index (χ1) is 17.8. The second kappa shape index (κ2) is 34.7. The van der Waals surface area contributed by atoms with Crippen LogP contribution in [0.15, 0.2) is 53.6 Å². The molecule has 0 N–H and O–H groups in total. The maximum Gasteiger partial charge on any atom is 0.0658 e. The van der Waals surface area contributed by atoms with Crippen molar-refractivity contribution in [2.24, 2.45) is 16.8 Å². The van der Waals surface area contributed by atoms with E-state index < -0.39 is 0 Å². The van der Waals surface area contributed by atoms with Crippen LogP contribution in [0.25, 0.3) is 5.70 Å². The van der Waals surface area contributed by atoms with Crippen LogP contribution >= 0.6 is 12.6 Å². The van der Waals surface area contributed by atoms with E-state index in [1.807, 2.05) is 20.8 Å². The third-order valence-electron chi connectivity index (χ3n) is 5.87. The predicted octanol–water partition coefficient (Wildman–Crippen LogP) is 12.9. The first-order valence-electron chi connectivity index (χ1n) is 15.2. The van der Waals surface area contributed by atoms with Crippen molar-refractivity contribution >= 4 is 24.0 Å². The fourth-order valence-electron chi connectivity index (χ4n) is 3.30. The van der Waals surface area contributed by atoms with Gasteiger partial charge in [0.25, 0.3) is 0 Å². The van der Waals surface area contributed by atoms with Crippen LogP contribution in [0.4, 0.5) is 0 Å². The molecule has 0 saturated heterocycles. The van der Waals surface area contributed by atoms with Crippen LogP contribution in [0.1, 0.15) is 146 Å². The molecule has 0 aliphatic heterocycles. The molecule has 2 heteroatoms. The van der Waals surface area contributed by atoms with Gasteiger partial charge in [0.1, 0.15) is 0 Å². The van der Waals surface area contributed by atoms with Crippen LogP contribution in [-0.2, 0) is 0 Å².